The molecule has 5 heteroatoms. The fourth-order valence-corrected chi connectivity index (χ4v) is 3.06. The van der Waals surface area contributed by atoms with E-state index in [0.717, 1.165) is 34.1 Å². The Hall–Kier alpha value is -2.79. The minimum Gasteiger partial charge on any atom is -0.497 e. The second kappa shape index (κ2) is 7.40. The Morgan fingerprint density at radius 2 is 1.80 bits per heavy atom. The molecule has 0 aliphatic rings. The zero-order chi connectivity index (χ0) is 17.8. The van der Waals surface area contributed by atoms with E-state index in [1.807, 2.05) is 60.1 Å². The quantitative estimate of drug-likeness (QED) is 0.750. The van der Waals surface area contributed by atoms with Crippen molar-refractivity contribution in [1.82, 2.24) is 9.78 Å². The normalized spacial score (nSPS) is 12.0. The molecule has 0 bridgehead atoms. The van der Waals surface area contributed by atoms with E-state index in [4.69, 9.17) is 15.2 Å². The first-order valence-corrected chi connectivity index (χ1v) is 8.22. The van der Waals surface area contributed by atoms with Gasteiger partial charge >= 0.3 is 0 Å². The molecule has 3 rings (SSSR count). The van der Waals surface area contributed by atoms with Gasteiger partial charge in [-0.3, -0.25) is 0 Å². The fraction of sp³-hybridized carbons (Fsp3) is 0.250. The smallest absolute Gasteiger partial charge is 0.126 e. The van der Waals surface area contributed by atoms with Gasteiger partial charge in [-0.1, -0.05) is 24.3 Å². The molecule has 1 unspecified atom stereocenters. The van der Waals surface area contributed by atoms with Crippen LogP contribution in [0.1, 0.15) is 22.9 Å². The Bertz CT molecular complexity index is 843. The van der Waals surface area contributed by atoms with Crippen LogP contribution in [0.25, 0.3) is 5.69 Å². The van der Waals surface area contributed by atoms with Crippen LogP contribution in [0.2, 0.25) is 0 Å². The number of aromatic nitrogens is 2. The zero-order valence-electron chi connectivity index (χ0n) is 14.8. The van der Waals surface area contributed by atoms with Crippen LogP contribution in [-0.2, 0) is 0 Å². The maximum absolute atomic E-state index is 6.16. The van der Waals surface area contributed by atoms with Gasteiger partial charge in [0.05, 0.1) is 31.3 Å². The summed E-state index contributed by atoms with van der Waals surface area (Å²) in [5, 5.41) is 4.66. The molecule has 0 radical (unpaired) electrons. The number of hydrogen-bond acceptors (Lipinski definition) is 4. The summed E-state index contributed by atoms with van der Waals surface area (Å²) in [5.74, 6) is 1.47. The highest BCUT2D eigenvalue weighted by Crippen LogP contribution is 2.35. The lowest BCUT2D eigenvalue weighted by molar-refractivity contribution is 0.389. The van der Waals surface area contributed by atoms with Gasteiger partial charge < -0.3 is 15.2 Å². The van der Waals surface area contributed by atoms with E-state index >= 15 is 0 Å². The number of hydrogen-bond donors (Lipinski definition) is 1. The average Bonchev–Trinajstić information content (AvgIpc) is 3.04. The fourth-order valence-electron chi connectivity index (χ4n) is 3.06. The predicted molar refractivity (Wildman–Crippen MR) is 98.7 cm³/mol. The molecule has 0 aliphatic heterocycles. The number of nitrogens with two attached hydrogens (primary N) is 1. The third-order valence-electron chi connectivity index (χ3n) is 4.27. The van der Waals surface area contributed by atoms with Gasteiger partial charge in [0, 0.05) is 24.1 Å². The molecule has 2 aromatic carbocycles. The van der Waals surface area contributed by atoms with Crippen molar-refractivity contribution in [3.8, 4) is 17.2 Å². The second-order valence-electron chi connectivity index (χ2n) is 5.85. The predicted octanol–water partition coefficient (Wildman–Crippen LogP) is 3.29. The Kier molecular flexibility index (Phi) is 5.05. The van der Waals surface area contributed by atoms with Crippen LogP contribution >= 0.6 is 0 Å². The van der Waals surface area contributed by atoms with Gasteiger partial charge in [-0.2, -0.15) is 5.10 Å². The molecule has 0 saturated carbocycles. The summed E-state index contributed by atoms with van der Waals surface area (Å²) in [7, 11) is 3.30. The van der Waals surface area contributed by atoms with Crippen LogP contribution in [-0.4, -0.2) is 30.5 Å². The molecule has 1 heterocycles. The molecule has 0 spiro atoms. The molecule has 0 amide bonds. The van der Waals surface area contributed by atoms with Crippen molar-refractivity contribution in [3.63, 3.8) is 0 Å². The van der Waals surface area contributed by atoms with Crippen LogP contribution in [0, 0.1) is 6.92 Å². The SMILES string of the molecule is COc1ccc(C(CN)c2cc(C)nn2-c2ccccc2)c(OC)c1. The molecular weight excluding hydrogens is 314 g/mol. The highest BCUT2D eigenvalue weighted by atomic mass is 16.5. The minimum absolute atomic E-state index is 0.0396. The van der Waals surface area contributed by atoms with Gasteiger partial charge in [-0.05, 0) is 31.2 Å². The molecule has 3 aromatic rings. The second-order valence-corrected chi connectivity index (χ2v) is 5.85. The molecule has 2 N–H and O–H groups in total. The van der Waals surface area contributed by atoms with E-state index in [2.05, 4.69) is 11.2 Å². The topological polar surface area (TPSA) is 62.3 Å². The van der Waals surface area contributed by atoms with E-state index < -0.39 is 0 Å². The Morgan fingerprint density at radius 3 is 2.44 bits per heavy atom. The number of aryl methyl sites for hydroxylation is 1. The lowest BCUT2D eigenvalue weighted by Crippen LogP contribution is -2.18. The summed E-state index contributed by atoms with van der Waals surface area (Å²) in [5.41, 5.74) is 10.2. The first kappa shape index (κ1) is 17.0. The van der Waals surface area contributed by atoms with E-state index in [0.29, 0.717) is 6.54 Å². The molecule has 1 atom stereocenters. The van der Waals surface area contributed by atoms with Gasteiger partial charge in [0.15, 0.2) is 0 Å². The number of methoxy groups -OCH3 is 2. The summed E-state index contributed by atoms with van der Waals surface area (Å²) in [4.78, 5) is 0. The molecule has 0 fully saturated rings. The molecule has 0 saturated heterocycles. The Labute approximate surface area is 148 Å². The number of ether oxygens (including phenoxy) is 2. The van der Waals surface area contributed by atoms with Crippen molar-refractivity contribution in [2.24, 2.45) is 5.73 Å². The van der Waals surface area contributed by atoms with E-state index in [-0.39, 0.29) is 5.92 Å². The number of nitrogens with zero attached hydrogens (tertiary/aromatic N) is 2. The van der Waals surface area contributed by atoms with Crippen molar-refractivity contribution in [3.05, 3.63) is 71.5 Å². The first-order chi connectivity index (χ1) is 12.2. The molecule has 130 valence electrons. The summed E-state index contributed by atoms with van der Waals surface area (Å²) >= 11 is 0. The maximum atomic E-state index is 6.16. The van der Waals surface area contributed by atoms with E-state index in [1.54, 1.807) is 14.2 Å². The highest BCUT2D eigenvalue weighted by Gasteiger charge is 2.22. The molecule has 0 aliphatic carbocycles. The van der Waals surface area contributed by atoms with Crippen LogP contribution in [0.4, 0.5) is 0 Å². The van der Waals surface area contributed by atoms with Crippen molar-refractivity contribution < 1.29 is 9.47 Å². The van der Waals surface area contributed by atoms with Crippen molar-refractivity contribution >= 4 is 0 Å². The summed E-state index contributed by atoms with van der Waals surface area (Å²) in [6.07, 6.45) is 0. The molecule has 1 aromatic heterocycles. The van der Waals surface area contributed by atoms with Crippen LogP contribution in [0.5, 0.6) is 11.5 Å². The Balaban J connectivity index is 2.12. The standard InChI is InChI=1S/C20H23N3O2/c1-14-11-19(23(22-14)15-7-5-4-6-8-15)18(13-21)17-10-9-16(24-2)12-20(17)25-3/h4-12,18H,13,21H2,1-3H3. The third kappa shape index (κ3) is 3.37. The third-order valence-corrected chi connectivity index (χ3v) is 4.27. The molecular formula is C20H23N3O2. The lowest BCUT2D eigenvalue weighted by atomic mass is 9.94. The zero-order valence-corrected chi connectivity index (χ0v) is 14.8. The van der Waals surface area contributed by atoms with Gasteiger partial charge in [0.2, 0.25) is 0 Å². The highest BCUT2D eigenvalue weighted by molar-refractivity contribution is 5.47. The van der Waals surface area contributed by atoms with Gasteiger partial charge in [0.25, 0.3) is 0 Å². The number of rotatable bonds is 6. The minimum atomic E-state index is -0.0396. The summed E-state index contributed by atoms with van der Waals surface area (Å²) < 4.78 is 12.8. The number of benzene rings is 2. The van der Waals surface area contributed by atoms with Crippen molar-refractivity contribution in [2.45, 2.75) is 12.8 Å². The van der Waals surface area contributed by atoms with Crippen LogP contribution in [0.15, 0.2) is 54.6 Å². The Morgan fingerprint density at radius 1 is 1.04 bits per heavy atom. The van der Waals surface area contributed by atoms with E-state index in [9.17, 15) is 0 Å². The monoisotopic (exact) mass is 337 g/mol. The van der Waals surface area contributed by atoms with Crippen molar-refractivity contribution in [2.75, 3.05) is 20.8 Å². The van der Waals surface area contributed by atoms with Gasteiger partial charge in [0.1, 0.15) is 11.5 Å². The van der Waals surface area contributed by atoms with Crippen LogP contribution < -0.4 is 15.2 Å². The summed E-state index contributed by atoms with van der Waals surface area (Å²) in [6.45, 7) is 2.43. The molecule has 5 nitrogen and oxygen atoms in total. The lowest BCUT2D eigenvalue weighted by Gasteiger charge is -2.20. The maximum Gasteiger partial charge on any atom is 0.126 e. The van der Waals surface area contributed by atoms with Crippen molar-refractivity contribution in [1.29, 1.82) is 0 Å². The average molecular weight is 337 g/mol. The van der Waals surface area contributed by atoms with Gasteiger partial charge in [-0.15, -0.1) is 0 Å². The van der Waals surface area contributed by atoms with Crippen LogP contribution in [0.3, 0.4) is 0 Å². The molecule has 25 heavy (non-hydrogen) atoms. The summed E-state index contributed by atoms with van der Waals surface area (Å²) in [6, 6.07) is 18.0. The largest absolute Gasteiger partial charge is 0.497 e. The first-order valence-electron chi connectivity index (χ1n) is 8.22. The van der Waals surface area contributed by atoms with E-state index in [1.165, 1.54) is 0 Å². The van der Waals surface area contributed by atoms with Gasteiger partial charge in [-0.25, -0.2) is 4.68 Å². The number of para-hydroxylation sites is 1.